The van der Waals surface area contributed by atoms with Crippen molar-refractivity contribution in [1.29, 1.82) is 0 Å². The van der Waals surface area contributed by atoms with Crippen LogP contribution in [0.15, 0.2) is 42.6 Å². The lowest BCUT2D eigenvalue weighted by molar-refractivity contribution is -0.115. The Balaban J connectivity index is 2.04. The molecule has 2 rings (SSSR count). The van der Waals surface area contributed by atoms with Crippen LogP contribution < -0.4 is 5.32 Å². The van der Waals surface area contributed by atoms with Crippen molar-refractivity contribution >= 4 is 23.3 Å². The van der Waals surface area contributed by atoms with Crippen molar-refractivity contribution in [3.05, 3.63) is 58.7 Å². The lowest BCUT2D eigenvalue weighted by Crippen LogP contribution is -2.15. The second-order valence-electron chi connectivity index (χ2n) is 4.21. The smallest absolute Gasteiger partial charge is 0.230 e. The van der Waals surface area contributed by atoms with Gasteiger partial charge in [-0.2, -0.15) is 0 Å². The molecule has 2 N–H and O–H groups in total. The summed E-state index contributed by atoms with van der Waals surface area (Å²) in [4.78, 5) is 16.0. The Labute approximate surface area is 127 Å². The zero-order chi connectivity index (χ0) is 15.1. The lowest BCUT2D eigenvalue weighted by atomic mass is 10.1. The fourth-order valence-electron chi connectivity index (χ4n) is 1.72. The highest BCUT2D eigenvalue weighted by Gasteiger charge is 2.07. The summed E-state index contributed by atoms with van der Waals surface area (Å²) in [6.45, 7) is -0.212. The Morgan fingerprint density at radius 2 is 2.14 bits per heavy atom. The molecule has 1 heterocycles. The molecule has 0 unspecified atom stereocenters. The number of nitrogens with zero attached hydrogens (tertiary/aromatic N) is 1. The fraction of sp³-hybridized carbons (Fsp3) is 0.125. The number of benzene rings is 1. The minimum Gasteiger partial charge on any atom is -0.384 e. The van der Waals surface area contributed by atoms with E-state index in [1.165, 1.54) is 0 Å². The average molecular weight is 301 g/mol. The number of amides is 1. The third kappa shape index (κ3) is 4.60. The molecule has 5 heteroatoms. The highest BCUT2D eigenvalue weighted by Crippen LogP contribution is 2.16. The third-order valence-corrected chi connectivity index (χ3v) is 3.02. The molecule has 0 fully saturated rings. The second-order valence-corrected chi connectivity index (χ2v) is 4.61. The van der Waals surface area contributed by atoms with Gasteiger partial charge in [0.1, 0.15) is 12.4 Å². The van der Waals surface area contributed by atoms with E-state index in [1.807, 2.05) is 12.1 Å². The maximum Gasteiger partial charge on any atom is 0.230 e. The number of rotatable bonds is 3. The SMILES string of the molecule is O=C(Cc1ccccc1Cl)Nc1cc(C#CCO)ccn1. The molecule has 2 aromatic rings. The number of halogens is 1. The first-order valence-corrected chi connectivity index (χ1v) is 6.66. The Morgan fingerprint density at radius 1 is 1.33 bits per heavy atom. The molecule has 1 aromatic carbocycles. The molecule has 0 bridgehead atoms. The summed E-state index contributed by atoms with van der Waals surface area (Å²) in [6.07, 6.45) is 1.72. The molecule has 0 saturated heterocycles. The molecule has 0 radical (unpaired) electrons. The Morgan fingerprint density at radius 3 is 2.90 bits per heavy atom. The second kappa shape index (κ2) is 7.44. The molecule has 0 aliphatic rings. The topological polar surface area (TPSA) is 62.2 Å². The van der Waals surface area contributed by atoms with Crippen LogP contribution in [0.5, 0.6) is 0 Å². The lowest BCUT2D eigenvalue weighted by Gasteiger charge is -2.06. The van der Waals surface area contributed by atoms with Crippen LogP contribution in [-0.2, 0) is 11.2 Å². The first-order valence-electron chi connectivity index (χ1n) is 6.28. The van der Waals surface area contributed by atoms with Gasteiger partial charge in [0.25, 0.3) is 0 Å². The maximum absolute atomic E-state index is 12.0. The van der Waals surface area contributed by atoms with E-state index in [0.29, 0.717) is 16.4 Å². The van der Waals surface area contributed by atoms with E-state index < -0.39 is 0 Å². The Kier molecular flexibility index (Phi) is 5.33. The molecule has 21 heavy (non-hydrogen) atoms. The number of aliphatic hydroxyl groups excluding tert-OH is 1. The molecule has 0 spiro atoms. The standard InChI is InChI=1S/C16H13ClN2O2/c17-14-6-2-1-5-13(14)11-16(21)19-15-10-12(4-3-9-20)7-8-18-15/h1-2,5-8,10,20H,9,11H2,(H,18,19,21). The molecule has 0 atom stereocenters. The fourth-order valence-corrected chi connectivity index (χ4v) is 1.92. The van der Waals surface area contributed by atoms with Crippen molar-refractivity contribution in [2.24, 2.45) is 0 Å². The van der Waals surface area contributed by atoms with Gasteiger partial charge in [0.2, 0.25) is 5.91 Å². The number of aromatic nitrogens is 1. The Hall–Kier alpha value is -2.35. The molecule has 0 aliphatic carbocycles. The first kappa shape index (κ1) is 15.0. The van der Waals surface area contributed by atoms with Gasteiger partial charge >= 0.3 is 0 Å². The number of hydrogen-bond acceptors (Lipinski definition) is 3. The van der Waals surface area contributed by atoms with Crippen LogP contribution in [-0.4, -0.2) is 22.6 Å². The normalized spacial score (nSPS) is 9.62. The van der Waals surface area contributed by atoms with E-state index in [1.54, 1.807) is 30.5 Å². The highest BCUT2D eigenvalue weighted by atomic mass is 35.5. The predicted molar refractivity (Wildman–Crippen MR) is 82.0 cm³/mol. The van der Waals surface area contributed by atoms with Crippen LogP contribution in [0.3, 0.4) is 0 Å². The average Bonchev–Trinajstić information content (AvgIpc) is 2.48. The quantitative estimate of drug-likeness (QED) is 0.855. The van der Waals surface area contributed by atoms with Gasteiger partial charge in [-0.05, 0) is 23.8 Å². The molecule has 0 saturated carbocycles. The molecular weight excluding hydrogens is 288 g/mol. The van der Waals surface area contributed by atoms with E-state index in [4.69, 9.17) is 16.7 Å². The molecular formula is C16H13ClN2O2. The minimum atomic E-state index is -0.212. The number of hydrogen-bond donors (Lipinski definition) is 2. The zero-order valence-corrected chi connectivity index (χ0v) is 11.9. The van der Waals surface area contributed by atoms with Crippen molar-refractivity contribution in [3.63, 3.8) is 0 Å². The van der Waals surface area contributed by atoms with Crippen molar-refractivity contribution in [3.8, 4) is 11.8 Å². The summed E-state index contributed by atoms with van der Waals surface area (Å²) in [6, 6.07) is 10.5. The Bertz CT molecular complexity index is 705. The van der Waals surface area contributed by atoms with Crippen molar-refractivity contribution in [2.45, 2.75) is 6.42 Å². The van der Waals surface area contributed by atoms with Crippen LogP contribution in [0.25, 0.3) is 0 Å². The van der Waals surface area contributed by atoms with Gasteiger partial charge in [-0.15, -0.1) is 0 Å². The van der Waals surface area contributed by atoms with Gasteiger partial charge in [-0.1, -0.05) is 41.6 Å². The molecule has 1 amide bonds. The largest absolute Gasteiger partial charge is 0.384 e. The van der Waals surface area contributed by atoms with Crippen molar-refractivity contribution in [1.82, 2.24) is 4.98 Å². The van der Waals surface area contributed by atoms with Crippen LogP contribution in [0.1, 0.15) is 11.1 Å². The van der Waals surface area contributed by atoms with Gasteiger partial charge in [0, 0.05) is 16.8 Å². The number of carbonyl (C=O) groups excluding carboxylic acids is 1. The minimum absolute atomic E-state index is 0.175. The van der Waals surface area contributed by atoms with Gasteiger partial charge < -0.3 is 10.4 Å². The number of nitrogens with one attached hydrogen (secondary N) is 1. The van der Waals surface area contributed by atoms with Gasteiger partial charge in [-0.3, -0.25) is 4.79 Å². The van der Waals surface area contributed by atoms with E-state index in [9.17, 15) is 4.79 Å². The summed E-state index contributed by atoms with van der Waals surface area (Å²) >= 11 is 6.02. The zero-order valence-electron chi connectivity index (χ0n) is 11.1. The monoisotopic (exact) mass is 300 g/mol. The summed E-state index contributed by atoms with van der Waals surface area (Å²) in [5, 5.41) is 11.9. The highest BCUT2D eigenvalue weighted by molar-refractivity contribution is 6.31. The maximum atomic E-state index is 12.0. The van der Waals surface area contributed by atoms with E-state index in [-0.39, 0.29) is 18.9 Å². The van der Waals surface area contributed by atoms with Crippen molar-refractivity contribution < 1.29 is 9.90 Å². The summed E-state index contributed by atoms with van der Waals surface area (Å²) in [7, 11) is 0. The number of carbonyl (C=O) groups is 1. The van der Waals surface area contributed by atoms with Crippen LogP contribution in [0.4, 0.5) is 5.82 Å². The van der Waals surface area contributed by atoms with E-state index in [0.717, 1.165) is 5.56 Å². The molecule has 0 aliphatic heterocycles. The first-order chi connectivity index (χ1) is 10.2. The molecule has 106 valence electrons. The summed E-state index contributed by atoms with van der Waals surface area (Å²) in [5.74, 6) is 5.50. The van der Waals surface area contributed by atoms with Gasteiger partial charge in [0.05, 0.1) is 6.42 Å². The van der Waals surface area contributed by atoms with Gasteiger partial charge in [-0.25, -0.2) is 4.98 Å². The third-order valence-electron chi connectivity index (χ3n) is 2.65. The number of aliphatic hydroxyl groups is 1. The van der Waals surface area contributed by atoms with Crippen LogP contribution >= 0.6 is 11.6 Å². The van der Waals surface area contributed by atoms with E-state index >= 15 is 0 Å². The summed E-state index contributed by atoms with van der Waals surface area (Å²) < 4.78 is 0. The van der Waals surface area contributed by atoms with Crippen LogP contribution in [0.2, 0.25) is 5.02 Å². The van der Waals surface area contributed by atoms with Gasteiger partial charge in [0.15, 0.2) is 0 Å². The number of pyridine rings is 1. The number of anilines is 1. The summed E-state index contributed by atoms with van der Waals surface area (Å²) in [5.41, 5.74) is 1.43. The van der Waals surface area contributed by atoms with Crippen molar-refractivity contribution in [2.75, 3.05) is 11.9 Å². The van der Waals surface area contributed by atoms with Crippen LogP contribution in [0, 0.1) is 11.8 Å². The van der Waals surface area contributed by atoms with E-state index in [2.05, 4.69) is 22.1 Å². The molecule has 1 aromatic heterocycles. The molecule has 4 nitrogen and oxygen atoms in total. The predicted octanol–water partition coefficient (Wildman–Crippen LogP) is 2.26.